The van der Waals surface area contributed by atoms with Crippen LogP contribution in [0.3, 0.4) is 0 Å². The molecule has 2 unspecified atom stereocenters. The number of amides is 1. The summed E-state index contributed by atoms with van der Waals surface area (Å²) in [6.07, 6.45) is 13.0. The molecule has 5 nitrogen and oxygen atoms in total. The third-order valence-corrected chi connectivity index (χ3v) is 7.32. The maximum atomic E-state index is 12.9. The van der Waals surface area contributed by atoms with Gasteiger partial charge in [0.2, 0.25) is 0 Å². The zero-order valence-electron chi connectivity index (χ0n) is 16.6. The van der Waals surface area contributed by atoms with Crippen LogP contribution in [0.4, 0.5) is 0 Å². The van der Waals surface area contributed by atoms with E-state index in [1.165, 1.54) is 22.2 Å². The number of allylic oxidation sites excluding steroid dienone is 3. The summed E-state index contributed by atoms with van der Waals surface area (Å²) in [6, 6.07) is 8.51. The molecular formula is C23H21BrN2O3S2. The minimum Gasteiger partial charge on any atom is -0.481 e. The molecular weight excluding hydrogens is 496 g/mol. The van der Waals surface area contributed by atoms with Crippen LogP contribution in [0.2, 0.25) is 0 Å². The van der Waals surface area contributed by atoms with Crippen molar-refractivity contribution in [3.63, 3.8) is 0 Å². The normalized spacial score (nSPS) is 23.6. The molecule has 2 aliphatic heterocycles. The van der Waals surface area contributed by atoms with Crippen LogP contribution in [-0.2, 0) is 16.1 Å². The second-order valence-electron chi connectivity index (χ2n) is 7.54. The van der Waals surface area contributed by atoms with E-state index < -0.39 is 5.97 Å². The first kappa shape index (κ1) is 22.0. The number of carboxylic acid groups (broad SMARTS) is 1. The number of rotatable bonds is 7. The summed E-state index contributed by atoms with van der Waals surface area (Å²) in [5.74, 6) is -0.832. The fourth-order valence-electron chi connectivity index (χ4n) is 3.90. The van der Waals surface area contributed by atoms with Gasteiger partial charge in [-0.05, 0) is 35.8 Å². The number of carboxylic acids is 1. The van der Waals surface area contributed by atoms with Gasteiger partial charge in [-0.2, -0.15) is 0 Å². The molecule has 1 N–H and O–H groups in total. The van der Waals surface area contributed by atoms with Crippen LogP contribution in [-0.4, -0.2) is 43.7 Å². The number of benzene rings is 1. The van der Waals surface area contributed by atoms with Crippen molar-refractivity contribution in [3.8, 4) is 0 Å². The number of aliphatic carboxylic acids is 1. The Balaban J connectivity index is 1.52. The monoisotopic (exact) mass is 516 g/mol. The summed E-state index contributed by atoms with van der Waals surface area (Å²) < 4.78 is 1.54. The first-order valence-electron chi connectivity index (χ1n) is 9.96. The Kier molecular flexibility index (Phi) is 6.79. The molecule has 31 heavy (non-hydrogen) atoms. The number of fused-ring (bicyclic) bond motifs is 1. The number of hydrogen-bond donors (Lipinski definition) is 1. The van der Waals surface area contributed by atoms with Crippen LogP contribution < -0.4 is 0 Å². The van der Waals surface area contributed by atoms with Crippen LogP contribution in [0.15, 0.2) is 75.8 Å². The number of hydrogen-bond acceptors (Lipinski definition) is 5. The maximum Gasteiger partial charge on any atom is 0.303 e. The molecule has 0 radical (unpaired) electrons. The molecule has 1 aromatic carbocycles. The topological polar surface area (TPSA) is 60.9 Å². The lowest BCUT2D eigenvalue weighted by molar-refractivity contribution is -0.137. The lowest BCUT2D eigenvalue weighted by Crippen LogP contribution is -2.30. The fourth-order valence-corrected chi connectivity index (χ4v) is 5.47. The van der Waals surface area contributed by atoms with E-state index in [2.05, 4.69) is 57.4 Å². The fraction of sp³-hybridized carbons (Fsp3) is 0.261. The minimum absolute atomic E-state index is 0.0210. The molecule has 1 amide bonds. The van der Waals surface area contributed by atoms with Gasteiger partial charge in [-0.1, -0.05) is 76.3 Å². The average molecular weight is 517 g/mol. The quantitative estimate of drug-likeness (QED) is 0.412. The zero-order valence-corrected chi connectivity index (χ0v) is 19.8. The van der Waals surface area contributed by atoms with E-state index in [-0.39, 0.29) is 24.3 Å². The molecule has 2 atom stereocenters. The van der Waals surface area contributed by atoms with Crippen LogP contribution in [0.25, 0.3) is 0 Å². The van der Waals surface area contributed by atoms with E-state index in [4.69, 9.17) is 17.3 Å². The summed E-state index contributed by atoms with van der Waals surface area (Å²) in [5.41, 5.74) is 2.29. The number of thiocarbonyl (C=S) groups is 1. The summed E-state index contributed by atoms with van der Waals surface area (Å²) in [5, 5.41) is 8.84. The molecule has 4 rings (SSSR count). The van der Waals surface area contributed by atoms with Gasteiger partial charge in [0.15, 0.2) is 0 Å². The molecule has 160 valence electrons. The minimum atomic E-state index is -0.869. The van der Waals surface area contributed by atoms with E-state index in [1.54, 1.807) is 0 Å². The molecule has 2 heterocycles. The Morgan fingerprint density at radius 3 is 2.71 bits per heavy atom. The molecule has 1 aliphatic carbocycles. The van der Waals surface area contributed by atoms with Crippen LogP contribution in [0.5, 0.6) is 0 Å². The SMILES string of the molecule is O=C(O)CCCN1C(=O)C(=CC2=CN(Cc3ccc(Br)cc3)C3C=CC=CC23)SC1=S. The Labute approximate surface area is 199 Å². The van der Waals surface area contributed by atoms with Gasteiger partial charge in [-0.15, -0.1) is 0 Å². The van der Waals surface area contributed by atoms with Crippen molar-refractivity contribution < 1.29 is 14.7 Å². The van der Waals surface area contributed by atoms with Gasteiger partial charge >= 0.3 is 5.97 Å². The molecule has 8 heteroatoms. The van der Waals surface area contributed by atoms with E-state index in [0.717, 1.165) is 16.6 Å². The summed E-state index contributed by atoms with van der Waals surface area (Å²) in [6.45, 7) is 1.11. The molecule has 1 aromatic rings. The Hall–Kier alpha value is -2.16. The molecule has 0 bridgehead atoms. The predicted octanol–water partition coefficient (Wildman–Crippen LogP) is 4.87. The third kappa shape index (κ3) is 5.02. The number of halogens is 1. The Bertz CT molecular complexity index is 1030. The first-order chi connectivity index (χ1) is 14.9. The molecule has 0 aromatic heterocycles. The van der Waals surface area contributed by atoms with Crippen molar-refractivity contribution in [1.29, 1.82) is 0 Å². The third-order valence-electron chi connectivity index (χ3n) is 5.41. The van der Waals surface area contributed by atoms with Crippen molar-refractivity contribution in [2.75, 3.05) is 6.54 Å². The van der Waals surface area contributed by atoms with Gasteiger partial charge in [0.05, 0.1) is 10.9 Å². The lowest BCUT2D eigenvalue weighted by atomic mass is 9.90. The van der Waals surface area contributed by atoms with Gasteiger partial charge in [0, 0.05) is 36.1 Å². The molecule has 0 spiro atoms. The highest BCUT2D eigenvalue weighted by Gasteiger charge is 2.36. The summed E-state index contributed by atoms with van der Waals surface area (Å²) in [7, 11) is 0. The molecule has 3 aliphatic rings. The van der Waals surface area contributed by atoms with Gasteiger partial charge < -0.3 is 10.0 Å². The van der Waals surface area contributed by atoms with E-state index in [9.17, 15) is 9.59 Å². The van der Waals surface area contributed by atoms with E-state index >= 15 is 0 Å². The second-order valence-corrected chi connectivity index (χ2v) is 10.1. The van der Waals surface area contributed by atoms with Crippen molar-refractivity contribution in [3.05, 3.63) is 81.4 Å². The average Bonchev–Trinajstić information content (AvgIpc) is 3.22. The van der Waals surface area contributed by atoms with Gasteiger partial charge in [0.1, 0.15) is 4.32 Å². The van der Waals surface area contributed by atoms with Gasteiger partial charge in [0.25, 0.3) is 5.91 Å². The highest BCUT2D eigenvalue weighted by molar-refractivity contribution is 9.10. The number of thioether (sulfide) groups is 1. The lowest BCUT2D eigenvalue weighted by Gasteiger charge is -2.28. The van der Waals surface area contributed by atoms with Crippen molar-refractivity contribution in [2.24, 2.45) is 5.92 Å². The van der Waals surface area contributed by atoms with Crippen molar-refractivity contribution in [2.45, 2.75) is 25.4 Å². The second kappa shape index (κ2) is 9.54. The highest BCUT2D eigenvalue weighted by Crippen LogP contribution is 2.38. The Morgan fingerprint density at radius 2 is 1.97 bits per heavy atom. The smallest absolute Gasteiger partial charge is 0.303 e. The number of carbonyl (C=O) groups is 2. The van der Waals surface area contributed by atoms with Gasteiger partial charge in [-0.3, -0.25) is 14.5 Å². The summed E-state index contributed by atoms with van der Waals surface area (Å²) >= 11 is 10.1. The van der Waals surface area contributed by atoms with Crippen LogP contribution in [0, 0.1) is 5.92 Å². The molecule has 0 saturated carbocycles. The number of nitrogens with zero attached hydrogens (tertiary/aromatic N) is 2. The predicted molar refractivity (Wildman–Crippen MR) is 130 cm³/mol. The van der Waals surface area contributed by atoms with Crippen LogP contribution >= 0.6 is 39.9 Å². The van der Waals surface area contributed by atoms with E-state index in [0.29, 0.717) is 22.2 Å². The summed E-state index contributed by atoms with van der Waals surface area (Å²) in [4.78, 5) is 28.0. The largest absolute Gasteiger partial charge is 0.481 e. The molecule has 1 saturated heterocycles. The Morgan fingerprint density at radius 1 is 1.23 bits per heavy atom. The van der Waals surface area contributed by atoms with Crippen LogP contribution in [0.1, 0.15) is 18.4 Å². The van der Waals surface area contributed by atoms with Crippen molar-refractivity contribution >= 4 is 56.1 Å². The van der Waals surface area contributed by atoms with E-state index in [1.807, 2.05) is 24.3 Å². The van der Waals surface area contributed by atoms with Gasteiger partial charge in [-0.25, -0.2) is 0 Å². The van der Waals surface area contributed by atoms with Crippen molar-refractivity contribution in [1.82, 2.24) is 9.80 Å². The highest BCUT2D eigenvalue weighted by atomic mass is 79.9. The maximum absolute atomic E-state index is 12.9. The molecule has 1 fully saturated rings. The standard InChI is InChI=1S/C23H21BrN2O3S2/c24-17-9-7-15(8-10-17)13-25-14-16(18-4-1-2-5-19(18)25)12-20-22(29)26(23(30)31-20)11-3-6-21(27)28/h1-2,4-5,7-10,12,14,18-19H,3,6,11,13H2,(H,27,28). The number of carbonyl (C=O) groups excluding carboxylic acids is 1. The zero-order chi connectivity index (χ0) is 22.0. The first-order valence-corrected chi connectivity index (χ1v) is 12.0.